The molecule has 1 atom stereocenters. The predicted octanol–water partition coefficient (Wildman–Crippen LogP) is -1.81. The number of amides is 2. The van der Waals surface area contributed by atoms with E-state index in [0.29, 0.717) is 26.1 Å². The summed E-state index contributed by atoms with van der Waals surface area (Å²) in [7, 11) is 0. The van der Waals surface area contributed by atoms with Crippen molar-refractivity contribution in [1.29, 1.82) is 0 Å². The zero-order valence-electron chi connectivity index (χ0n) is 10.6. The molecule has 1 saturated heterocycles. The number of hydrogen-bond donors (Lipinski definition) is 4. The van der Waals surface area contributed by atoms with Gasteiger partial charge in [-0.2, -0.15) is 0 Å². The van der Waals surface area contributed by atoms with E-state index in [2.05, 4.69) is 5.32 Å². The van der Waals surface area contributed by atoms with Crippen molar-refractivity contribution in [2.75, 3.05) is 19.8 Å². The van der Waals surface area contributed by atoms with E-state index >= 15 is 0 Å². The standard InChI is InChI=1S/C11H19N3O5/c12-7(5-8(13)15)9(16)14-6-11(10(17)18)1-3-19-4-2-11/h7H,1-6,12H2,(H2,13,15)(H,14,16)(H,17,18). The fourth-order valence-corrected chi connectivity index (χ4v) is 1.93. The van der Waals surface area contributed by atoms with Crippen LogP contribution in [-0.4, -0.2) is 48.7 Å². The maximum atomic E-state index is 11.6. The Morgan fingerprint density at radius 3 is 2.37 bits per heavy atom. The highest BCUT2D eigenvalue weighted by Gasteiger charge is 2.40. The SMILES string of the molecule is NC(=O)CC(N)C(=O)NCC1(C(=O)O)CCOCC1. The fourth-order valence-electron chi connectivity index (χ4n) is 1.93. The highest BCUT2D eigenvalue weighted by Crippen LogP contribution is 2.30. The summed E-state index contributed by atoms with van der Waals surface area (Å²) < 4.78 is 5.12. The second-order valence-corrected chi connectivity index (χ2v) is 4.69. The van der Waals surface area contributed by atoms with Gasteiger partial charge >= 0.3 is 5.97 Å². The predicted molar refractivity (Wildman–Crippen MR) is 64.9 cm³/mol. The number of carbonyl (C=O) groups excluding carboxylic acids is 2. The molecule has 1 heterocycles. The average Bonchev–Trinajstić information content (AvgIpc) is 2.36. The molecule has 0 aliphatic carbocycles. The largest absolute Gasteiger partial charge is 0.481 e. The van der Waals surface area contributed by atoms with E-state index in [1.165, 1.54) is 0 Å². The van der Waals surface area contributed by atoms with E-state index in [4.69, 9.17) is 16.2 Å². The summed E-state index contributed by atoms with van der Waals surface area (Å²) in [6.07, 6.45) is 0.385. The number of ether oxygens (including phenoxy) is 1. The fraction of sp³-hybridized carbons (Fsp3) is 0.727. The smallest absolute Gasteiger partial charge is 0.311 e. The van der Waals surface area contributed by atoms with Crippen LogP contribution >= 0.6 is 0 Å². The summed E-state index contributed by atoms with van der Waals surface area (Å²) in [5, 5.41) is 11.7. The van der Waals surface area contributed by atoms with Gasteiger partial charge in [0.05, 0.1) is 17.9 Å². The molecule has 0 radical (unpaired) electrons. The molecular weight excluding hydrogens is 254 g/mol. The monoisotopic (exact) mass is 273 g/mol. The van der Waals surface area contributed by atoms with Crippen LogP contribution < -0.4 is 16.8 Å². The minimum atomic E-state index is -1.05. The molecule has 0 aromatic heterocycles. The second-order valence-electron chi connectivity index (χ2n) is 4.69. The molecule has 1 aliphatic rings. The van der Waals surface area contributed by atoms with E-state index in [1.54, 1.807) is 0 Å². The molecule has 1 rings (SSSR count). The lowest BCUT2D eigenvalue weighted by Gasteiger charge is -2.33. The van der Waals surface area contributed by atoms with Gasteiger partial charge in [-0.15, -0.1) is 0 Å². The third-order valence-electron chi connectivity index (χ3n) is 3.26. The number of nitrogens with two attached hydrogens (primary N) is 2. The molecule has 0 aromatic carbocycles. The van der Waals surface area contributed by atoms with Crippen molar-refractivity contribution in [3.8, 4) is 0 Å². The molecule has 108 valence electrons. The van der Waals surface area contributed by atoms with Gasteiger partial charge in [0.15, 0.2) is 0 Å². The molecule has 1 unspecified atom stereocenters. The second kappa shape index (κ2) is 6.48. The van der Waals surface area contributed by atoms with Crippen LogP contribution in [0, 0.1) is 5.41 Å². The van der Waals surface area contributed by atoms with Gasteiger partial charge in [0.2, 0.25) is 11.8 Å². The van der Waals surface area contributed by atoms with Crippen LogP contribution in [-0.2, 0) is 19.1 Å². The lowest BCUT2D eigenvalue weighted by atomic mass is 9.80. The molecule has 2 amide bonds. The number of carboxylic acids is 1. The summed E-state index contributed by atoms with van der Waals surface area (Å²) in [4.78, 5) is 33.6. The Kier molecular flexibility index (Phi) is 5.25. The third kappa shape index (κ3) is 4.18. The van der Waals surface area contributed by atoms with Gasteiger partial charge in [0, 0.05) is 19.8 Å². The van der Waals surface area contributed by atoms with Crippen molar-refractivity contribution in [3.63, 3.8) is 0 Å². The Morgan fingerprint density at radius 1 is 1.32 bits per heavy atom. The van der Waals surface area contributed by atoms with Crippen molar-refractivity contribution >= 4 is 17.8 Å². The van der Waals surface area contributed by atoms with Crippen molar-refractivity contribution < 1.29 is 24.2 Å². The van der Waals surface area contributed by atoms with E-state index in [0.717, 1.165) is 0 Å². The van der Waals surface area contributed by atoms with E-state index in [9.17, 15) is 19.5 Å². The van der Waals surface area contributed by atoms with Crippen molar-refractivity contribution in [2.24, 2.45) is 16.9 Å². The molecule has 6 N–H and O–H groups in total. The van der Waals surface area contributed by atoms with Gasteiger partial charge in [0.25, 0.3) is 0 Å². The molecule has 8 nitrogen and oxygen atoms in total. The minimum absolute atomic E-state index is 0.0308. The number of carbonyl (C=O) groups is 3. The molecular formula is C11H19N3O5. The molecule has 8 heteroatoms. The molecule has 0 aromatic rings. The molecule has 0 spiro atoms. The molecule has 19 heavy (non-hydrogen) atoms. The minimum Gasteiger partial charge on any atom is -0.481 e. The Labute approximate surface area is 110 Å². The Hall–Kier alpha value is -1.67. The zero-order chi connectivity index (χ0) is 14.5. The lowest BCUT2D eigenvalue weighted by Crippen LogP contribution is -2.50. The number of aliphatic carboxylic acids is 1. The number of hydrogen-bond acceptors (Lipinski definition) is 5. The van der Waals surface area contributed by atoms with Crippen molar-refractivity contribution in [3.05, 3.63) is 0 Å². The normalized spacial score (nSPS) is 19.4. The van der Waals surface area contributed by atoms with E-state index in [-0.39, 0.29) is 13.0 Å². The summed E-state index contributed by atoms with van der Waals surface area (Å²) in [5.41, 5.74) is 9.38. The first-order chi connectivity index (χ1) is 8.87. The van der Waals surface area contributed by atoms with Crippen molar-refractivity contribution in [2.45, 2.75) is 25.3 Å². The molecule has 1 aliphatic heterocycles. The Morgan fingerprint density at radius 2 is 1.89 bits per heavy atom. The van der Waals surface area contributed by atoms with Crippen LogP contribution in [0.4, 0.5) is 0 Å². The first kappa shape index (κ1) is 15.4. The quantitative estimate of drug-likeness (QED) is 0.448. The highest BCUT2D eigenvalue weighted by atomic mass is 16.5. The van der Waals surface area contributed by atoms with Crippen LogP contribution in [0.25, 0.3) is 0 Å². The highest BCUT2D eigenvalue weighted by molar-refractivity contribution is 5.88. The van der Waals surface area contributed by atoms with Gasteiger partial charge < -0.3 is 26.6 Å². The first-order valence-electron chi connectivity index (χ1n) is 6.00. The van der Waals surface area contributed by atoms with Gasteiger partial charge in [-0.3, -0.25) is 14.4 Å². The summed E-state index contributed by atoms with van der Waals surface area (Å²) in [6, 6.07) is -1.05. The summed E-state index contributed by atoms with van der Waals surface area (Å²) in [5.74, 6) is -2.23. The van der Waals surface area contributed by atoms with Crippen LogP contribution in [0.3, 0.4) is 0 Å². The van der Waals surface area contributed by atoms with E-state index < -0.39 is 29.2 Å². The van der Waals surface area contributed by atoms with E-state index in [1.807, 2.05) is 0 Å². The van der Waals surface area contributed by atoms with Gasteiger partial charge in [-0.1, -0.05) is 0 Å². The Bertz CT molecular complexity index is 365. The van der Waals surface area contributed by atoms with Gasteiger partial charge in [-0.05, 0) is 12.8 Å². The lowest BCUT2D eigenvalue weighted by molar-refractivity contribution is -0.154. The summed E-state index contributed by atoms with van der Waals surface area (Å²) >= 11 is 0. The van der Waals surface area contributed by atoms with Crippen LogP contribution in [0.1, 0.15) is 19.3 Å². The maximum absolute atomic E-state index is 11.6. The number of rotatable bonds is 6. The van der Waals surface area contributed by atoms with Crippen LogP contribution in [0.5, 0.6) is 0 Å². The molecule has 0 bridgehead atoms. The van der Waals surface area contributed by atoms with Gasteiger partial charge in [0.1, 0.15) is 0 Å². The topological polar surface area (TPSA) is 145 Å². The number of nitrogens with one attached hydrogen (secondary N) is 1. The number of carboxylic acid groups (broad SMARTS) is 1. The molecule has 1 fully saturated rings. The molecule has 0 saturated carbocycles. The summed E-state index contributed by atoms with van der Waals surface area (Å²) in [6.45, 7) is 0.655. The zero-order valence-corrected chi connectivity index (χ0v) is 10.6. The Balaban J connectivity index is 2.54. The van der Waals surface area contributed by atoms with Crippen LogP contribution in [0.2, 0.25) is 0 Å². The van der Waals surface area contributed by atoms with Crippen LogP contribution in [0.15, 0.2) is 0 Å². The first-order valence-corrected chi connectivity index (χ1v) is 6.00. The van der Waals surface area contributed by atoms with Gasteiger partial charge in [-0.25, -0.2) is 0 Å². The van der Waals surface area contributed by atoms with Crippen molar-refractivity contribution in [1.82, 2.24) is 5.32 Å². The average molecular weight is 273 g/mol. The number of primary amides is 1. The maximum Gasteiger partial charge on any atom is 0.311 e. The third-order valence-corrected chi connectivity index (χ3v) is 3.26.